The minimum Gasteiger partial charge on any atom is -0.349 e. The van der Waals surface area contributed by atoms with Gasteiger partial charge in [0.25, 0.3) is 0 Å². The number of carbonyl (C=O) groups is 1. The average Bonchev–Trinajstić information content (AvgIpc) is 2.60. The molecule has 1 heterocycles. The van der Waals surface area contributed by atoms with Crippen LogP contribution in [0.2, 0.25) is 0 Å². The van der Waals surface area contributed by atoms with E-state index in [2.05, 4.69) is 5.32 Å². The minimum atomic E-state index is -3.19. The third-order valence-corrected chi connectivity index (χ3v) is 6.66. The number of amides is 1. The maximum absolute atomic E-state index is 13.1. The van der Waals surface area contributed by atoms with E-state index >= 15 is 0 Å². The van der Waals surface area contributed by atoms with Gasteiger partial charge in [0, 0.05) is 19.0 Å². The van der Waals surface area contributed by atoms with Gasteiger partial charge in [0.05, 0.1) is 11.8 Å². The summed E-state index contributed by atoms with van der Waals surface area (Å²) < 4.78 is 38.4. The van der Waals surface area contributed by atoms with Crippen molar-refractivity contribution in [2.24, 2.45) is 11.8 Å². The van der Waals surface area contributed by atoms with Crippen LogP contribution in [0.15, 0.2) is 24.3 Å². The number of halogens is 1. The van der Waals surface area contributed by atoms with Gasteiger partial charge in [0.2, 0.25) is 15.9 Å². The Bertz CT molecular complexity index is 681. The molecule has 140 valence electrons. The van der Waals surface area contributed by atoms with Crippen LogP contribution in [0, 0.1) is 17.7 Å². The van der Waals surface area contributed by atoms with Gasteiger partial charge in [-0.25, -0.2) is 17.1 Å². The summed E-state index contributed by atoms with van der Waals surface area (Å²) in [5.41, 5.74) is 0.871. The van der Waals surface area contributed by atoms with Crippen LogP contribution in [-0.4, -0.2) is 37.5 Å². The molecule has 1 aliphatic heterocycles. The first-order chi connectivity index (χ1) is 11.7. The average molecular weight is 370 g/mol. The van der Waals surface area contributed by atoms with Crippen LogP contribution in [0.1, 0.15) is 45.2 Å². The van der Waals surface area contributed by atoms with Crippen LogP contribution >= 0.6 is 0 Å². The number of hydrogen-bond acceptors (Lipinski definition) is 3. The highest BCUT2D eigenvalue weighted by atomic mass is 32.2. The molecule has 0 spiro atoms. The Morgan fingerprint density at radius 3 is 2.28 bits per heavy atom. The molecular weight excluding hydrogens is 343 g/mol. The zero-order chi connectivity index (χ0) is 18.6. The Morgan fingerprint density at radius 2 is 1.80 bits per heavy atom. The molecule has 1 N–H and O–H groups in total. The fourth-order valence-corrected chi connectivity index (χ4v) is 4.29. The second-order valence-corrected chi connectivity index (χ2v) is 9.11. The van der Waals surface area contributed by atoms with Crippen LogP contribution in [0.5, 0.6) is 0 Å². The SMILES string of the molecule is CCS(=O)(=O)N1CCC(C(=O)NC(c2ccc(F)cc2)C(C)C)CC1. The van der Waals surface area contributed by atoms with E-state index in [1.807, 2.05) is 13.8 Å². The van der Waals surface area contributed by atoms with Crippen molar-refractivity contribution in [3.63, 3.8) is 0 Å². The van der Waals surface area contributed by atoms with E-state index < -0.39 is 10.0 Å². The first kappa shape index (κ1) is 19.8. The smallest absolute Gasteiger partial charge is 0.223 e. The van der Waals surface area contributed by atoms with Crippen LogP contribution in [0.4, 0.5) is 4.39 Å². The van der Waals surface area contributed by atoms with Crippen LogP contribution in [-0.2, 0) is 14.8 Å². The quantitative estimate of drug-likeness (QED) is 0.837. The van der Waals surface area contributed by atoms with Crippen molar-refractivity contribution in [3.05, 3.63) is 35.6 Å². The lowest BCUT2D eigenvalue weighted by Crippen LogP contribution is -2.44. The number of piperidine rings is 1. The van der Waals surface area contributed by atoms with Crippen molar-refractivity contribution in [1.29, 1.82) is 0 Å². The molecule has 0 bridgehead atoms. The molecule has 1 fully saturated rings. The standard InChI is InChI=1S/C18H27FN2O3S/c1-4-25(23,24)21-11-9-15(10-12-21)18(22)20-17(13(2)3)14-5-7-16(19)8-6-14/h5-8,13,15,17H,4,9-12H2,1-3H3,(H,20,22). The molecule has 1 saturated heterocycles. The van der Waals surface area contributed by atoms with Gasteiger partial charge in [0.1, 0.15) is 5.82 Å². The number of rotatable bonds is 6. The zero-order valence-corrected chi connectivity index (χ0v) is 15.9. The van der Waals surface area contributed by atoms with Gasteiger partial charge in [-0.15, -0.1) is 0 Å². The van der Waals surface area contributed by atoms with E-state index in [1.165, 1.54) is 16.4 Å². The summed E-state index contributed by atoms with van der Waals surface area (Å²) in [6.07, 6.45) is 1.05. The van der Waals surface area contributed by atoms with Gasteiger partial charge in [-0.05, 0) is 43.4 Å². The topological polar surface area (TPSA) is 66.5 Å². The third-order valence-electron chi connectivity index (χ3n) is 4.78. The molecule has 2 rings (SSSR count). The second-order valence-electron chi connectivity index (χ2n) is 6.86. The molecule has 0 aliphatic carbocycles. The molecule has 1 aromatic carbocycles. The molecule has 0 saturated carbocycles. The van der Waals surface area contributed by atoms with Crippen LogP contribution < -0.4 is 5.32 Å². The predicted molar refractivity (Wildman–Crippen MR) is 95.9 cm³/mol. The van der Waals surface area contributed by atoms with Crippen molar-refractivity contribution in [2.45, 2.75) is 39.7 Å². The van der Waals surface area contributed by atoms with E-state index in [-0.39, 0.29) is 35.4 Å². The zero-order valence-electron chi connectivity index (χ0n) is 15.0. The largest absolute Gasteiger partial charge is 0.349 e. The number of hydrogen-bond donors (Lipinski definition) is 1. The normalized spacial score (nSPS) is 18.3. The van der Waals surface area contributed by atoms with Crippen LogP contribution in [0.3, 0.4) is 0 Å². The van der Waals surface area contributed by atoms with E-state index in [0.717, 1.165) is 5.56 Å². The maximum atomic E-state index is 13.1. The Kier molecular flexibility index (Phi) is 6.57. The predicted octanol–water partition coefficient (Wildman–Crippen LogP) is 2.70. The second kappa shape index (κ2) is 8.27. The molecule has 1 aliphatic rings. The number of nitrogens with zero attached hydrogens (tertiary/aromatic N) is 1. The summed E-state index contributed by atoms with van der Waals surface area (Å²) in [5.74, 6) is -0.303. The van der Waals surface area contributed by atoms with Crippen molar-refractivity contribution < 1.29 is 17.6 Å². The first-order valence-electron chi connectivity index (χ1n) is 8.78. The van der Waals surface area contributed by atoms with E-state index in [4.69, 9.17) is 0 Å². The molecular formula is C18H27FN2O3S. The van der Waals surface area contributed by atoms with Gasteiger partial charge < -0.3 is 5.32 Å². The highest BCUT2D eigenvalue weighted by Crippen LogP contribution is 2.25. The fraction of sp³-hybridized carbons (Fsp3) is 0.611. The molecule has 0 radical (unpaired) electrons. The highest BCUT2D eigenvalue weighted by molar-refractivity contribution is 7.89. The Morgan fingerprint density at radius 1 is 1.24 bits per heavy atom. The summed E-state index contributed by atoms with van der Waals surface area (Å²) in [6.45, 7) is 6.41. The number of benzene rings is 1. The maximum Gasteiger partial charge on any atom is 0.223 e. The molecule has 5 nitrogen and oxygen atoms in total. The summed E-state index contributed by atoms with van der Waals surface area (Å²) in [5, 5.41) is 3.06. The fourth-order valence-electron chi connectivity index (χ4n) is 3.15. The first-order valence-corrected chi connectivity index (χ1v) is 10.4. The molecule has 1 aromatic rings. The Labute approximate surface area is 149 Å². The molecule has 1 unspecified atom stereocenters. The molecule has 1 atom stereocenters. The molecule has 7 heteroatoms. The van der Waals surface area contributed by atoms with Gasteiger partial charge in [-0.1, -0.05) is 26.0 Å². The summed E-state index contributed by atoms with van der Waals surface area (Å²) >= 11 is 0. The number of sulfonamides is 1. The van der Waals surface area contributed by atoms with E-state index in [9.17, 15) is 17.6 Å². The Balaban J connectivity index is 1.99. The van der Waals surface area contributed by atoms with Gasteiger partial charge >= 0.3 is 0 Å². The molecule has 0 aromatic heterocycles. The van der Waals surface area contributed by atoms with Crippen LogP contribution in [0.25, 0.3) is 0 Å². The van der Waals surface area contributed by atoms with Gasteiger partial charge in [-0.2, -0.15) is 0 Å². The van der Waals surface area contributed by atoms with Gasteiger partial charge in [-0.3, -0.25) is 4.79 Å². The number of nitrogens with one attached hydrogen (secondary N) is 1. The summed E-state index contributed by atoms with van der Waals surface area (Å²) in [7, 11) is -3.19. The van der Waals surface area contributed by atoms with E-state index in [1.54, 1.807) is 19.1 Å². The number of carbonyl (C=O) groups excluding carboxylic acids is 1. The Hall–Kier alpha value is -1.47. The van der Waals surface area contributed by atoms with Crippen molar-refractivity contribution in [3.8, 4) is 0 Å². The lowest BCUT2D eigenvalue weighted by Gasteiger charge is -2.32. The monoisotopic (exact) mass is 370 g/mol. The third kappa shape index (κ3) is 5.01. The lowest BCUT2D eigenvalue weighted by molar-refractivity contribution is -0.127. The van der Waals surface area contributed by atoms with Crippen molar-refractivity contribution in [1.82, 2.24) is 9.62 Å². The summed E-state index contributed by atoms with van der Waals surface area (Å²) in [6, 6.07) is 5.98. The highest BCUT2D eigenvalue weighted by Gasteiger charge is 2.31. The lowest BCUT2D eigenvalue weighted by atomic mass is 9.92. The summed E-state index contributed by atoms with van der Waals surface area (Å²) in [4.78, 5) is 12.6. The molecule has 1 amide bonds. The van der Waals surface area contributed by atoms with Crippen molar-refractivity contribution in [2.75, 3.05) is 18.8 Å². The molecule has 25 heavy (non-hydrogen) atoms. The minimum absolute atomic E-state index is 0.0587. The van der Waals surface area contributed by atoms with Crippen molar-refractivity contribution >= 4 is 15.9 Å². The van der Waals surface area contributed by atoms with Gasteiger partial charge in [0.15, 0.2) is 0 Å². The van der Waals surface area contributed by atoms with E-state index in [0.29, 0.717) is 25.9 Å².